The highest BCUT2D eigenvalue weighted by molar-refractivity contribution is 6.11. The van der Waals surface area contributed by atoms with Gasteiger partial charge in [-0.2, -0.15) is 0 Å². The Morgan fingerprint density at radius 2 is 2.06 bits per heavy atom. The molecule has 8 nitrogen and oxygen atoms in total. The lowest BCUT2D eigenvalue weighted by Gasteiger charge is -2.42. The molecular formula is C25H29N4O4+. The van der Waals surface area contributed by atoms with Gasteiger partial charge in [0.1, 0.15) is 5.69 Å². The summed E-state index contributed by atoms with van der Waals surface area (Å²) in [5.74, 6) is -0.0299. The minimum atomic E-state index is -0.520. The number of carbonyl (C=O) groups is 2. The predicted molar refractivity (Wildman–Crippen MR) is 125 cm³/mol. The first kappa shape index (κ1) is 21.5. The number of likely N-dealkylation sites (tertiary alicyclic amines) is 1. The highest BCUT2D eigenvalue weighted by atomic mass is 16.5. The number of ether oxygens (including phenoxy) is 1. The number of anilines is 1. The van der Waals surface area contributed by atoms with E-state index in [4.69, 9.17) is 4.74 Å². The highest BCUT2D eigenvalue weighted by Gasteiger charge is 2.40. The van der Waals surface area contributed by atoms with Gasteiger partial charge in [-0.1, -0.05) is 17.7 Å². The highest BCUT2D eigenvalue weighted by Crippen LogP contribution is 2.31. The van der Waals surface area contributed by atoms with Gasteiger partial charge >= 0.3 is 5.97 Å². The van der Waals surface area contributed by atoms with Crippen LogP contribution in [0.2, 0.25) is 0 Å². The van der Waals surface area contributed by atoms with E-state index in [1.165, 1.54) is 12.0 Å². The largest absolute Gasteiger partial charge is 0.464 e. The Hall–Kier alpha value is -3.39. The third-order valence-electron chi connectivity index (χ3n) is 7.22. The molecule has 1 unspecified atom stereocenters. The number of quaternary nitrogens is 1. The molecule has 0 saturated carbocycles. The number of aromatic nitrogens is 2. The molecule has 5 rings (SSSR count). The zero-order valence-electron chi connectivity index (χ0n) is 19.1. The van der Waals surface area contributed by atoms with E-state index in [0.29, 0.717) is 18.2 Å². The van der Waals surface area contributed by atoms with Gasteiger partial charge in [0.15, 0.2) is 6.04 Å². The Labute approximate surface area is 191 Å². The molecule has 4 atom stereocenters. The van der Waals surface area contributed by atoms with Gasteiger partial charge in [0.05, 0.1) is 25.9 Å². The van der Waals surface area contributed by atoms with Crippen LogP contribution in [-0.2, 0) is 16.1 Å². The number of piperidine rings is 1. The van der Waals surface area contributed by atoms with Crippen LogP contribution in [0.4, 0.5) is 5.69 Å². The van der Waals surface area contributed by atoms with E-state index in [1.54, 1.807) is 6.07 Å². The molecule has 1 amide bonds. The van der Waals surface area contributed by atoms with E-state index in [9.17, 15) is 14.4 Å². The van der Waals surface area contributed by atoms with E-state index >= 15 is 0 Å². The number of esters is 1. The molecule has 2 aliphatic heterocycles. The second-order valence-electron chi connectivity index (χ2n) is 9.39. The second-order valence-corrected chi connectivity index (χ2v) is 9.39. The summed E-state index contributed by atoms with van der Waals surface area (Å²) >= 11 is 0. The number of benzene rings is 1. The van der Waals surface area contributed by atoms with E-state index < -0.39 is 5.97 Å². The molecule has 3 aromatic rings. The van der Waals surface area contributed by atoms with Crippen LogP contribution in [0.5, 0.6) is 0 Å². The third kappa shape index (κ3) is 3.74. The van der Waals surface area contributed by atoms with Gasteiger partial charge in [-0.05, 0) is 38.5 Å². The lowest BCUT2D eigenvalue weighted by molar-refractivity contribution is -0.924. The van der Waals surface area contributed by atoms with Crippen molar-refractivity contribution in [2.75, 3.05) is 25.5 Å². The molecule has 1 saturated heterocycles. The molecule has 3 N–H and O–H groups in total. The number of hydrogen-bond acceptors (Lipinski definition) is 4. The summed E-state index contributed by atoms with van der Waals surface area (Å²) < 4.78 is 6.83. The number of nitrogens with zero attached hydrogens (tertiary/aromatic N) is 1. The Bertz CT molecular complexity index is 1310. The van der Waals surface area contributed by atoms with Crippen molar-refractivity contribution >= 4 is 28.5 Å². The average Bonchev–Trinajstić information content (AvgIpc) is 3.16. The van der Waals surface area contributed by atoms with Crippen molar-refractivity contribution in [3.8, 4) is 0 Å². The Morgan fingerprint density at radius 1 is 1.24 bits per heavy atom. The van der Waals surface area contributed by atoms with Crippen LogP contribution >= 0.6 is 0 Å². The number of fused-ring (bicyclic) bond motifs is 5. The van der Waals surface area contributed by atoms with Gasteiger partial charge in [-0.15, -0.1) is 0 Å². The van der Waals surface area contributed by atoms with E-state index in [2.05, 4.69) is 10.3 Å². The smallest absolute Gasteiger partial charge is 0.356 e. The zero-order valence-corrected chi connectivity index (χ0v) is 19.1. The van der Waals surface area contributed by atoms with Gasteiger partial charge in [-0.3, -0.25) is 9.59 Å². The molecule has 2 aliphatic rings. The first-order chi connectivity index (χ1) is 15.9. The van der Waals surface area contributed by atoms with Crippen molar-refractivity contribution in [3.63, 3.8) is 0 Å². The molecule has 2 aromatic heterocycles. The lowest BCUT2D eigenvalue weighted by Crippen LogP contribution is -3.18. The number of methoxy groups -OCH3 is 1. The number of amides is 1. The minimum absolute atomic E-state index is 0.0569. The van der Waals surface area contributed by atoms with Crippen molar-refractivity contribution in [3.05, 3.63) is 63.7 Å². The quantitative estimate of drug-likeness (QED) is 0.525. The van der Waals surface area contributed by atoms with Gasteiger partial charge in [0, 0.05) is 41.0 Å². The van der Waals surface area contributed by atoms with Gasteiger partial charge in [0.2, 0.25) is 0 Å². The molecule has 4 heterocycles. The molecule has 0 spiro atoms. The molecular weight excluding hydrogens is 420 g/mol. The van der Waals surface area contributed by atoms with Gasteiger partial charge in [0.25, 0.3) is 11.5 Å². The SMILES string of the molecule is COC(=O)c1[nH]c2ccc(C)cc2c1NC(=O)[C@@H](C)[NH+]1C[C@@H]2C[C@H](C1)c1cccc(=O)n1C2. The number of aryl methyl sites for hydroxylation is 1. The second kappa shape index (κ2) is 8.19. The van der Waals surface area contributed by atoms with Crippen LogP contribution in [0.1, 0.15) is 41.0 Å². The van der Waals surface area contributed by atoms with Crippen molar-refractivity contribution in [2.24, 2.45) is 5.92 Å². The Morgan fingerprint density at radius 3 is 2.85 bits per heavy atom. The molecule has 1 fully saturated rings. The lowest BCUT2D eigenvalue weighted by atomic mass is 9.82. The number of aromatic amines is 1. The molecule has 33 heavy (non-hydrogen) atoms. The first-order valence-electron chi connectivity index (χ1n) is 11.4. The average molecular weight is 450 g/mol. The summed E-state index contributed by atoms with van der Waals surface area (Å²) in [6, 6.07) is 11.0. The third-order valence-corrected chi connectivity index (χ3v) is 7.22. The van der Waals surface area contributed by atoms with Crippen LogP contribution in [-0.4, -0.2) is 47.7 Å². The summed E-state index contributed by atoms with van der Waals surface area (Å²) in [7, 11) is 1.33. The summed E-state index contributed by atoms with van der Waals surface area (Å²) in [5, 5.41) is 3.81. The standard InChI is InChI=1S/C25H28N4O4/c1-14-7-8-19-18(9-14)22(23(26-19)25(32)33-3)27-24(31)15(2)28-11-16-10-17(13-28)20-5-4-6-21(30)29(20)12-16/h4-9,15-17,26H,10-13H2,1-3H3,(H,27,31)/p+1/t15-,16+,17-/m1/s1. The van der Waals surface area contributed by atoms with E-state index in [-0.39, 0.29) is 29.1 Å². The van der Waals surface area contributed by atoms with Crippen molar-refractivity contribution < 1.29 is 19.2 Å². The molecule has 2 bridgehead atoms. The zero-order chi connectivity index (χ0) is 23.3. The fourth-order valence-corrected chi connectivity index (χ4v) is 5.51. The predicted octanol–water partition coefficient (Wildman–Crippen LogP) is 1.45. The van der Waals surface area contributed by atoms with Crippen molar-refractivity contribution in [1.29, 1.82) is 0 Å². The van der Waals surface area contributed by atoms with Crippen molar-refractivity contribution in [2.45, 2.75) is 38.8 Å². The van der Waals surface area contributed by atoms with Crippen LogP contribution in [0, 0.1) is 12.8 Å². The number of hydrogen-bond donors (Lipinski definition) is 3. The molecule has 0 aliphatic carbocycles. The van der Waals surface area contributed by atoms with Gasteiger partial charge in [-0.25, -0.2) is 4.79 Å². The monoisotopic (exact) mass is 449 g/mol. The maximum atomic E-state index is 13.4. The summed E-state index contributed by atoms with van der Waals surface area (Å²) in [6.07, 6.45) is 1.05. The molecule has 8 heteroatoms. The maximum absolute atomic E-state index is 13.4. The topological polar surface area (TPSA) is 97.6 Å². The van der Waals surface area contributed by atoms with Crippen molar-refractivity contribution in [1.82, 2.24) is 9.55 Å². The number of carbonyl (C=O) groups excluding carboxylic acids is 2. The Balaban J connectivity index is 1.40. The number of pyridine rings is 1. The summed E-state index contributed by atoms with van der Waals surface area (Å²) in [6.45, 7) is 6.24. The molecule has 172 valence electrons. The van der Waals surface area contributed by atoms with Crippen LogP contribution in [0.3, 0.4) is 0 Å². The fraction of sp³-hybridized carbons (Fsp3) is 0.400. The van der Waals surface area contributed by atoms with Gasteiger partial charge < -0.3 is 24.5 Å². The summed E-state index contributed by atoms with van der Waals surface area (Å²) in [4.78, 5) is 42.3. The molecule has 1 aromatic carbocycles. The van der Waals surface area contributed by atoms with Crippen LogP contribution in [0.25, 0.3) is 10.9 Å². The van der Waals surface area contributed by atoms with Crippen LogP contribution < -0.4 is 15.8 Å². The maximum Gasteiger partial charge on any atom is 0.356 e. The van der Waals surface area contributed by atoms with E-state index in [0.717, 1.165) is 41.7 Å². The fourth-order valence-electron chi connectivity index (χ4n) is 5.51. The van der Waals surface area contributed by atoms with E-state index in [1.807, 2.05) is 48.7 Å². The number of rotatable bonds is 4. The van der Waals surface area contributed by atoms with Crippen LogP contribution in [0.15, 0.2) is 41.2 Å². The number of H-pyrrole nitrogens is 1. The number of nitrogens with one attached hydrogen (secondary N) is 3. The summed E-state index contributed by atoms with van der Waals surface area (Å²) in [5.41, 5.74) is 3.64. The first-order valence-corrected chi connectivity index (χ1v) is 11.4. The molecule has 0 radical (unpaired) electrons. The normalized spacial score (nSPS) is 22.5. The Kier molecular flexibility index (Phi) is 5.32. The minimum Gasteiger partial charge on any atom is -0.464 e.